The van der Waals surface area contributed by atoms with E-state index in [9.17, 15) is 0 Å². The molecule has 1 fully saturated rings. The van der Waals surface area contributed by atoms with Crippen LogP contribution in [0, 0.1) is 0 Å². The molecular weight excluding hydrogens is 208 g/mol. The summed E-state index contributed by atoms with van der Waals surface area (Å²) in [6, 6.07) is 0.560. The predicted octanol–water partition coefficient (Wildman–Crippen LogP) is 1.25. The summed E-state index contributed by atoms with van der Waals surface area (Å²) in [6.45, 7) is 2.94. The third-order valence-electron chi connectivity index (χ3n) is 2.98. The molecule has 1 aliphatic rings. The fourth-order valence-electron chi connectivity index (χ4n) is 2.14. The van der Waals surface area contributed by atoms with Crippen molar-refractivity contribution in [2.24, 2.45) is 0 Å². The third-order valence-corrected chi connectivity index (χ3v) is 5.74. The van der Waals surface area contributed by atoms with Gasteiger partial charge in [0.05, 0.1) is 0 Å². The van der Waals surface area contributed by atoms with E-state index < -0.39 is 8.88 Å². The van der Waals surface area contributed by atoms with E-state index in [1.807, 2.05) is 0 Å². The van der Waals surface area contributed by atoms with Crippen LogP contribution < -0.4 is 9.96 Å². The quantitative estimate of drug-likeness (QED) is 0.676. The van der Waals surface area contributed by atoms with Crippen LogP contribution in [-0.4, -0.2) is 35.7 Å². The summed E-state index contributed by atoms with van der Waals surface area (Å²) in [5, 5.41) is 0. The van der Waals surface area contributed by atoms with Gasteiger partial charge >= 0.3 is 8.88 Å². The van der Waals surface area contributed by atoms with Gasteiger partial charge in [-0.2, -0.15) is 0 Å². The lowest BCUT2D eigenvalue weighted by molar-refractivity contribution is 0.201. The van der Waals surface area contributed by atoms with Gasteiger partial charge in [-0.05, 0) is 19.4 Å². The summed E-state index contributed by atoms with van der Waals surface area (Å²) in [4.78, 5) is 6.88. The lowest BCUT2D eigenvalue weighted by atomic mass is 9.96. The lowest BCUT2D eigenvalue weighted by Crippen LogP contribution is -2.68. The molecule has 0 aromatic heterocycles. The topological polar surface area (TPSA) is 42.5 Å². The average Bonchev–Trinajstić information content (AvgIpc) is 2.30. The highest BCUT2D eigenvalue weighted by Crippen LogP contribution is 2.18. The molecule has 1 rings (SSSR count). The summed E-state index contributed by atoms with van der Waals surface area (Å²) >= 11 is 0. The van der Waals surface area contributed by atoms with Gasteiger partial charge in [0.1, 0.15) is 0 Å². The van der Waals surface area contributed by atoms with Crippen molar-refractivity contribution in [1.29, 1.82) is 0 Å². The highest BCUT2D eigenvalue weighted by atomic mass is 28.4. The van der Waals surface area contributed by atoms with Gasteiger partial charge in [0, 0.05) is 20.3 Å². The van der Waals surface area contributed by atoms with Crippen LogP contribution in [-0.2, 0) is 8.85 Å². The van der Waals surface area contributed by atoms with Crippen LogP contribution in [0.25, 0.3) is 0 Å². The zero-order chi connectivity index (χ0) is 11.1. The Kier molecular flexibility index (Phi) is 5.77. The van der Waals surface area contributed by atoms with Crippen LogP contribution in [0.1, 0.15) is 39.0 Å². The summed E-state index contributed by atoms with van der Waals surface area (Å²) < 4.78 is 11.0. The van der Waals surface area contributed by atoms with Crippen molar-refractivity contribution in [2.75, 3.05) is 20.8 Å². The van der Waals surface area contributed by atoms with Crippen molar-refractivity contribution >= 4 is 8.88 Å². The summed E-state index contributed by atoms with van der Waals surface area (Å²) in [6.07, 6.45) is 6.50. The molecule has 0 spiro atoms. The zero-order valence-corrected chi connectivity index (χ0v) is 11.1. The molecule has 0 atom stereocenters. The second-order valence-corrected chi connectivity index (χ2v) is 6.73. The van der Waals surface area contributed by atoms with Crippen LogP contribution >= 0.6 is 0 Å². The van der Waals surface area contributed by atoms with Gasteiger partial charge < -0.3 is 8.85 Å². The average molecular weight is 232 g/mol. The minimum Gasteiger partial charge on any atom is -0.374 e. The van der Waals surface area contributed by atoms with Gasteiger partial charge in [-0.15, -0.1) is 0 Å². The molecule has 0 radical (unpaired) electrons. The highest BCUT2D eigenvalue weighted by Gasteiger charge is 2.38. The largest absolute Gasteiger partial charge is 0.516 e. The molecule has 0 aromatic rings. The van der Waals surface area contributed by atoms with E-state index in [2.05, 4.69) is 16.9 Å². The molecule has 15 heavy (non-hydrogen) atoms. The Hall–Kier alpha value is 0.0569. The number of rotatable bonds is 6. The Morgan fingerprint density at radius 1 is 1.13 bits per heavy atom. The first-order valence-corrected chi connectivity index (χ1v) is 7.71. The Labute approximate surface area is 94.1 Å². The number of hydrogen-bond donors (Lipinski definition) is 2. The smallest absolute Gasteiger partial charge is 0.374 e. The fourth-order valence-corrected chi connectivity index (χ4v) is 4.23. The van der Waals surface area contributed by atoms with Crippen molar-refractivity contribution < 1.29 is 8.85 Å². The molecule has 0 aliphatic heterocycles. The number of nitrogens with one attached hydrogen (secondary N) is 2. The maximum absolute atomic E-state index is 5.52. The van der Waals surface area contributed by atoms with Crippen LogP contribution in [0.15, 0.2) is 0 Å². The van der Waals surface area contributed by atoms with Gasteiger partial charge in [-0.25, -0.2) is 0 Å². The Morgan fingerprint density at radius 2 is 1.73 bits per heavy atom. The van der Waals surface area contributed by atoms with Gasteiger partial charge in [0.25, 0.3) is 0 Å². The van der Waals surface area contributed by atoms with Crippen LogP contribution in [0.2, 0.25) is 0 Å². The molecule has 0 saturated heterocycles. The fraction of sp³-hybridized carbons (Fsp3) is 1.00. The van der Waals surface area contributed by atoms with E-state index in [1.54, 1.807) is 14.2 Å². The minimum atomic E-state index is -2.33. The van der Waals surface area contributed by atoms with Crippen LogP contribution in [0.3, 0.4) is 0 Å². The Morgan fingerprint density at radius 3 is 2.20 bits per heavy atom. The molecule has 0 aromatic carbocycles. The highest BCUT2D eigenvalue weighted by molar-refractivity contribution is 6.62. The monoisotopic (exact) mass is 232 g/mol. The molecule has 1 saturated carbocycles. The lowest BCUT2D eigenvalue weighted by Gasteiger charge is -2.33. The second-order valence-electron chi connectivity index (χ2n) is 4.03. The first-order chi connectivity index (χ1) is 7.26. The summed E-state index contributed by atoms with van der Waals surface area (Å²) in [5.74, 6) is 0. The van der Waals surface area contributed by atoms with Crippen molar-refractivity contribution in [2.45, 2.75) is 45.1 Å². The maximum Gasteiger partial charge on any atom is 0.516 e. The first kappa shape index (κ1) is 13.1. The van der Waals surface area contributed by atoms with Gasteiger partial charge in [0.2, 0.25) is 0 Å². The molecule has 90 valence electrons. The minimum absolute atomic E-state index is 0.560. The molecule has 0 bridgehead atoms. The third kappa shape index (κ3) is 3.84. The van der Waals surface area contributed by atoms with Crippen molar-refractivity contribution in [3.05, 3.63) is 0 Å². The second kappa shape index (κ2) is 6.60. The molecule has 0 heterocycles. The van der Waals surface area contributed by atoms with E-state index in [0.29, 0.717) is 6.04 Å². The molecule has 0 unspecified atom stereocenters. The molecule has 5 heteroatoms. The maximum atomic E-state index is 5.52. The van der Waals surface area contributed by atoms with Crippen LogP contribution in [0.5, 0.6) is 0 Å². The van der Waals surface area contributed by atoms with Crippen LogP contribution in [0.4, 0.5) is 0 Å². The van der Waals surface area contributed by atoms with E-state index in [1.165, 1.54) is 32.1 Å². The molecule has 2 N–H and O–H groups in total. The molecule has 4 nitrogen and oxygen atoms in total. The molecule has 1 aliphatic carbocycles. The van der Waals surface area contributed by atoms with Gasteiger partial charge in [0.15, 0.2) is 0 Å². The summed E-state index contributed by atoms with van der Waals surface area (Å²) in [7, 11) is 1.10. The van der Waals surface area contributed by atoms with E-state index >= 15 is 0 Å². The van der Waals surface area contributed by atoms with E-state index in [-0.39, 0.29) is 0 Å². The molecular formula is C10H24N2O2Si. The van der Waals surface area contributed by atoms with E-state index in [0.717, 1.165) is 6.54 Å². The predicted molar refractivity (Wildman–Crippen MR) is 63.5 cm³/mol. The van der Waals surface area contributed by atoms with E-state index in [4.69, 9.17) is 8.85 Å². The zero-order valence-electron chi connectivity index (χ0n) is 10.1. The van der Waals surface area contributed by atoms with Gasteiger partial charge in [-0.3, -0.25) is 9.96 Å². The van der Waals surface area contributed by atoms with Gasteiger partial charge in [-0.1, -0.05) is 26.2 Å². The van der Waals surface area contributed by atoms with Crippen molar-refractivity contribution in [3.8, 4) is 0 Å². The normalized spacial score (nSPS) is 19.4. The SMILES string of the molecule is CCN[Si](NC1CCCCC1)(OC)OC. The molecule has 0 amide bonds. The number of hydrogen-bond acceptors (Lipinski definition) is 4. The Balaban J connectivity index is 2.47. The van der Waals surface area contributed by atoms with Crippen molar-refractivity contribution in [1.82, 2.24) is 9.96 Å². The Bertz CT molecular complexity index is 171. The summed E-state index contributed by atoms with van der Waals surface area (Å²) in [5.41, 5.74) is 0. The first-order valence-electron chi connectivity index (χ1n) is 5.89. The standard InChI is InChI=1S/C10H24N2O2Si/c1-4-11-15(13-2,14-3)12-10-8-6-5-7-9-10/h10-12H,4-9H2,1-3H3. The van der Waals surface area contributed by atoms with Crippen molar-refractivity contribution in [3.63, 3.8) is 0 Å².